The number of ether oxygens (including phenoxy) is 1. The van der Waals surface area contributed by atoms with Gasteiger partial charge < -0.3 is 31.7 Å². The highest BCUT2D eigenvalue weighted by atomic mass is 16.5. The van der Waals surface area contributed by atoms with Crippen molar-refractivity contribution in [2.75, 3.05) is 62.5 Å². The average molecular weight is 478 g/mol. The van der Waals surface area contributed by atoms with Gasteiger partial charge in [-0.25, -0.2) is 0 Å². The standard InChI is InChI=1S/C26H35N7O2/c1-5-31-17-10-26(11-17)14-33(15-26)22-7-6-18(24(28)19(22)13-30-3)25(34)32-21-8-16(12-29-2)20(27)9-23(21)35-4/h6-9,12-13,17,31H,5,10-11,14-15,27-28H2,1-4H3,(H,32,34). The predicted molar refractivity (Wildman–Crippen MR) is 145 cm³/mol. The highest BCUT2D eigenvalue weighted by Gasteiger charge is 2.52. The normalized spacial score (nSPS) is 17.1. The lowest BCUT2D eigenvalue weighted by molar-refractivity contribution is 0.0494. The van der Waals surface area contributed by atoms with Crippen LogP contribution in [0.25, 0.3) is 0 Å². The molecule has 2 fully saturated rings. The van der Waals surface area contributed by atoms with Gasteiger partial charge in [0, 0.05) is 79.6 Å². The summed E-state index contributed by atoms with van der Waals surface area (Å²) in [6.07, 6.45) is 5.78. The molecule has 2 aromatic rings. The molecule has 1 amide bonds. The molecule has 1 saturated heterocycles. The molecule has 0 radical (unpaired) electrons. The van der Waals surface area contributed by atoms with Gasteiger partial charge >= 0.3 is 0 Å². The van der Waals surface area contributed by atoms with Crippen LogP contribution in [0.2, 0.25) is 0 Å². The van der Waals surface area contributed by atoms with E-state index in [1.807, 2.05) is 6.07 Å². The first-order valence-corrected chi connectivity index (χ1v) is 11.9. The number of aliphatic imine (C=N–C) groups is 2. The first kappa shape index (κ1) is 24.5. The van der Waals surface area contributed by atoms with E-state index < -0.39 is 0 Å². The summed E-state index contributed by atoms with van der Waals surface area (Å²) >= 11 is 0. The van der Waals surface area contributed by atoms with Gasteiger partial charge in [-0.1, -0.05) is 6.92 Å². The van der Waals surface area contributed by atoms with Crippen molar-refractivity contribution in [3.05, 3.63) is 41.0 Å². The molecule has 0 atom stereocenters. The number of methoxy groups -OCH3 is 1. The zero-order valence-corrected chi connectivity index (χ0v) is 20.9. The van der Waals surface area contributed by atoms with E-state index in [9.17, 15) is 4.79 Å². The smallest absolute Gasteiger partial charge is 0.257 e. The number of nitrogens with one attached hydrogen (secondary N) is 2. The van der Waals surface area contributed by atoms with Crippen LogP contribution in [0.3, 0.4) is 0 Å². The van der Waals surface area contributed by atoms with Crippen LogP contribution in [0.5, 0.6) is 5.75 Å². The Hall–Kier alpha value is -3.59. The molecule has 2 aromatic carbocycles. The topological polar surface area (TPSA) is 130 Å². The number of hydrogen-bond donors (Lipinski definition) is 4. The lowest BCUT2D eigenvalue weighted by Gasteiger charge is -2.60. The van der Waals surface area contributed by atoms with Crippen LogP contribution in [0.4, 0.5) is 22.7 Å². The first-order chi connectivity index (χ1) is 16.8. The molecule has 4 rings (SSSR count). The van der Waals surface area contributed by atoms with Crippen LogP contribution < -0.4 is 31.7 Å². The van der Waals surface area contributed by atoms with Gasteiger partial charge in [0.05, 0.1) is 24.0 Å². The Morgan fingerprint density at radius 1 is 1.20 bits per heavy atom. The second kappa shape index (κ2) is 9.95. The third-order valence-electron chi connectivity index (χ3n) is 6.93. The largest absolute Gasteiger partial charge is 0.494 e. The molecular weight excluding hydrogens is 442 g/mol. The van der Waals surface area contributed by atoms with Crippen molar-refractivity contribution in [1.29, 1.82) is 0 Å². The minimum atomic E-state index is -0.338. The zero-order valence-electron chi connectivity index (χ0n) is 20.9. The fourth-order valence-corrected chi connectivity index (χ4v) is 5.29. The summed E-state index contributed by atoms with van der Waals surface area (Å²) in [7, 11) is 4.89. The Bertz CT molecular complexity index is 1160. The molecular formula is C26H35N7O2. The van der Waals surface area contributed by atoms with Gasteiger partial charge in [0.15, 0.2) is 0 Å². The molecule has 2 aliphatic rings. The summed E-state index contributed by atoms with van der Waals surface area (Å²) in [4.78, 5) is 23.8. The summed E-state index contributed by atoms with van der Waals surface area (Å²) in [5.74, 6) is 0.117. The van der Waals surface area contributed by atoms with E-state index in [1.165, 1.54) is 20.0 Å². The maximum atomic E-state index is 13.3. The molecule has 1 saturated carbocycles. The van der Waals surface area contributed by atoms with Crippen LogP contribution in [-0.4, -0.2) is 65.2 Å². The Balaban J connectivity index is 1.56. The Kier molecular flexibility index (Phi) is 6.98. The van der Waals surface area contributed by atoms with Gasteiger partial charge in [-0.05, 0) is 37.6 Å². The van der Waals surface area contributed by atoms with Crippen LogP contribution in [0.15, 0.2) is 34.3 Å². The molecule has 9 heteroatoms. The SMILES string of the molecule is CCNC1CC2(C1)CN(c1ccc(C(=O)Nc3cc(C=NC)c(N)cc3OC)c(N)c1C=NC)C2. The second-order valence-electron chi connectivity index (χ2n) is 9.39. The highest BCUT2D eigenvalue weighted by Crippen LogP contribution is 2.50. The number of carbonyl (C=O) groups excluding carboxylic acids is 1. The van der Waals surface area contributed by atoms with E-state index in [2.05, 4.69) is 32.4 Å². The first-order valence-electron chi connectivity index (χ1n) is 11.9. The van der Waals surface area contributed by atoms with E-state index >= 15 is 0 Å². The Labute approximate surface area is 206 Å². The number of hydrogen-bond acceptors (Lipinski definition) is 8. The number of nitrogen functional groups attached to an aromatic ring is 2. The van der Waals surface area contributed by atoms with Crippen LogP contribution >= 0.6 is 0 Å². The molecule has 0 unspecified atom stereocenters. The second-order valence-corrected chi connectivity index (χ2v) is 9.39. The van der Waals surface area contributed by atoms with Gasteiger partial charge in [-0.3, -0.25) is 14.8 Å². The van der Waals surface area contributed by atoms with Crippen molar-refractivity contribution >= 4 is 41.1 Å². The van der Waals surface area contributed by atoms with Gasteiger partial charge in [0.1, 0.15) is 5.75 Å². The quantitative estimate of drug-likeness (QED) is 0.342. The highest BCUT2D eigenvalue weighted by molar-refractivity contribution is 6.12. The minimum absolute atomic E-state index is 0.338. The number of rotatable bonds is 8. The molecule has 6 N–H and O–H groups in total. The van der Waals surface area contributed by atoms with Crippen LogP contribution in [-0.2, 0) is 0 Å². The van der Waals surface area contributed by atoms with Crippen molar-refractivity contribution in [1.82, 2.24) is 5.32 Å². The molecule has 9 nitrogen and oxygen atoms in total. The number of anilines is 4. The minimum Gasteiger partial charge on any atom is -0.494 e. The van der Waals surface area contributed by atoms with Crippen LogP contribution in [0, 0.1) is 5.41 Å². The van der Waals surface area contributed by atoms with E-state index in [4.69, 9.17) is 16.2 Å². The van der Waals surface area contributed by atoms with Crippen molar-refractivity contribution < 1.29 is 9.53 Å². The third kappa shape index (κ3) is 4.68. The maximum Gasteiger partial charge on any atom is 0.257 e. The van der Waals surface area contributed by atoms with E-state index in [1.54, 1.807) is 44.7 Å². The van der Waals surface area contributed by atoms with Gasteiger partial charge in [-0.2, -0.15) is 0 Å². The molecule has 0 bridgehead atoms. The molecule has 1 heterocycles. The van der Waals surface area contributed by atoms with E-state index in [0.29, 0.717) is 45.4 Å². The van der Waals surface area contributed by atoms with Crippen molar-refractivity contribution in [3.8, 4) is 5.75 Å². The van der Waals surface area contributed by atoms with Crippen LogP contribution in [0.1, 0.15) is 41.3 Å². The number of nitrogens with zero attached hydrogens (tertiary/aromatic N) is 3. The van der Waals surface area contributed by atoms with E-state index in [-0.39, 0.29) is 5.91 Å². The summed E-state index contributed by atoms with van der Waals surface area (Å²) < 4.78 is 5.42. The van der Waals surface area contributed by atoms with Gasteiger partial charge in [0.2, 0.25) is 0 Å². The Morgan fingerprint density at radius 2 is 1.91 bits per heavy atom. The number of nitrogens with two attached hydrogens (primary N) is 2. The fraction of sp³-hybridized carbons (Fsp3) is 0.423. The molecule has 1 spiro atoms. The third-order valence-corrected chi connectivity index (χ3v) is 6.93. The average Bonchev–Trinajstić information content (AvgIpc) is 2.78. The molecule has 35 heavy (non-hydrogen) atoms. The van der Waals surface area contributed by atoms with Crippen molar-refractivity contribution in [2.24, 2.45) is 15.4 Å². The number of amides is 1. The molecule has 0 aromatic heterocycles. The number of carbonyl (C=O) groups is 1. The molecule has 1 aliphatic heterocycles. The van der Waals surface area contributed by atoms with Gasteiger partial charge in [0.25, 0.3) is 5.91 Å². The predicted octanol–water partition coefficient (Wildman–Crippen LogP) is 2.79. The maximum absolute atomic E-state index is 13.3. The summed E-state index contributed by atoms with van der Waals surface area (Å²) in [5.41, 5.74) is 17.2. The Morgan fingerprint density at radius 3 is 2.54 bits per heavy atom. The van der Waals surface area contributed by atoms with Gasteiger partial charge in [-0.15, -0.1) is 0 Å². The summed E-state index contributed by atoms with van der Waals surface area (Å²) in [6, 6.07) is 7.76. The van der Waals surface area contributed by atoms with Crippen molar-refractivity contribution in [3.63, 3.8) is 0 Å². The molecule has 186 valence electrons. The van der Waals surface area contributed by atoms with Crippen molar-refractivity contribution in [2.45, 2.75) is 25.8 Å². The molecule has 1 aliphatic carbocycles. The number of benzene rings is 2. The fourth-order valence-electron chi connectivity index (χ4n) is 5.29. The zero-order chi connectivity index (χ0) is 25.2. The monoisotopic (exact) mass is 477 g/mol. The lowest BCUT2D eigenvalue weighted by Crippen LogP contribution is -2.66. The lowest BCUT2D eigenvalue weighted by atomic mass is 9.60. The summed E-state index contributed by atoms with van der Waals surface area (Å²) in [6.45, 7) is 5.15. The van der Waals surface area contributed by atoms with E-state index in [0.717, 1.165) is 30.9 Å². The summed E-state index contributed by atoms with van der Waals surface area (Å²) in [5, 5.41) is 6.45.